The molecule has 1 saturated carbocycles. The number of rotatable bonds is 5. The largest absolute Gasteiger partial charge is 0.0801 e. The summed E-state index contributed by atoms with van der Waals surface area (Å²) < 4.78 is 0. The van der Waals surface area contributed by atoms with Crippen LogP contribution in [-0.4, -0.2) is 0 Å². The van der Waals surface area contributed by atoms with Crippen LogP contribution in [0.4, 0.5) is 0 Å². The van der Waals surface area contributed by atoms with Crippen molar-refractivity contribution in [3.63, 3.8) is 0 Å². The number of hydrogen-bond donors (Lipinski definition) is 0. The normalized spacial score (nSPS) is 27.0. The second-order valence-electron chi connectivity index (χ2n) is 6.80. The molecule has 0 aromatic heterocycles. The Labute approximate surface area is 135 Å². The zero-order valence-electron chi connectivity index (χ0n) is 14.0. The molecule has 0 N–H and O–H groups in total. The topological polar surface area (TPSA) is 0 Å². The standard InChI is InChI=1S/C22H26/c1-4-17(2)8-5-6-10-19-12-13-21-16-22(21,15-19)20-11-7-9-18(3)14-20/h5-9,11-15,21H,4,10,16H2,1-3H3/b6-5-,17-8-. The third-order valence-electron chi connectivity index (χ3n) is 5.03. The molecule has 0 heterocycles. The minimum atomic E-state index is 0.291. The summed E-state index contributed by atoms with van der Waals surface area (Å²) in [7, 11) is 0. The average molecular weight is 290 g/mol. The van der Waals surface area contributed by atoms with Gasteiger partial charge >= 0.3 is 0 Å². The molecule has 3 rings (SSSR count). The minimum absolute atomic E-state index is 0.291. The number of benzene rings is 1. The Kier molecular flexibility index (Phi) is 4.20. The second-order valence-corrected chi connectivity index (χ2v) is 6.80. The maximum absolute atomic E-state index is 2.52. The van der Waals surface area contributed by atoms with Crippen LogP contribution in [0.5, 0.6) is 0 Å². The molecule has 0 radical (unpaired) electrons. The Balaban J connectivity index is 1.74. The monoisotopic (exact) mass is 290 g/mol. The van der Waals surface area contributed by atoms with Gasteiger partial charge in [0.05, 0.1) is 0 Å². The van der Waals surface area contributed by atoms with Crippen LogP contribution >= 0.6 is 0 Å². The van der Waals surface area contributed by atoms with Crippen molar-refractivity contribution in [2.45, 2.75) is 45.4 Å². The van der Waals surface area contributed by atoms with Gasteiger partial charge < -0.3 is 0 Å². The highest BCUT2D eigenvalue weighted by atomic mass is 14.6. The quantitative estimate of drug-likeness (QED) is 0.579. The van der Waals surface area contributed by atoms with E-state index in [2.05, 4.69) is 81.5 Å². The first kappa shape index (κ1) is 15.1. The molecule has 1 aromatic rings. The summed E-state index contributed by atoms with van der Waals surface area (Å²) in [5.74, 6) is 0.712. The number of fused-ring (bicyclic) bond motifs is 1. The zero-order valence-corrected chi connectivity index (χ0v) is 14.0. The van der Waals surface area contributed by atoms with Crippen LogP contribution in [0.3, 0.4) is 0 Å². The van der Waals surface area contributed by atoms with E-state index in [1.54, 1.807) is 0 Å². The predicted octanol–water partition coefficient (Wildman–Crippen LogP) is 6.05. The van der Waals surface area contributed by atoms with Gasteiger partial charge in [0, 0.05) is 5.41 Å². The zero-order chi connectivity index (χ0) is 15.6. The molecule has 2 atom stereocenters. The molecule has 22 heavy (non-hydrogen) atoms. The van der Waals surface area contributed by atoms with Gasteiger partial charge in [-0.25, -0.2) is 0 Å². The van der Waals surface area contributed by atoms with Crippen LogP contribution in [0, 0.1) is 12.8 Å². The van der Waals surface area contributed by atoms with Gasteiger partial charge in [-0.2, -0.15) is 0 Å². The lowest BCUT2D eigenvalue weighted by Crippen LogP contribution is -2.09. The highest BCUT2D eigenvalue weighted by molar-refractivity contribution is 5.49. The molecule has 114 valence electrons. The highest BCUT2D eigenvalue weighted by Gasteiger charge is 2.53. The van der Waals surface area contributed by atoms with Crippen molar-refractivity contribution >= 4 is 0 Å². The van der Waals surface area contributed by atoms with Crippen LogP contribution in [0.2, 0.25) is 0 Å². The first-order valence-corrected chi connectivity index (χ1v) is 8.43. The van der Waals surface area contributed by atoms with E-state index in [1.807, 2.05) is 0 Å². The van der Waals surface area contributed by atoms with E-state index in [0.29, 0.717) is 11.3 Å². The van der Waals surface area contributed by atoms with Crippen molar-refractivity contribution in [3.05, 3.63) is 83.0 Å². The van der Waals surface area contributed by atoms with Crippen molar-refractivity contribution < 1.29 is 0 Å². The first-order valence-electron chi connectivity index (χ1n) is 8.43. The van der Waals surface area contributed by atoms with Gasteiger partial charge in [0.15, 0.2) is 0 Å². The molecule has 2 aliphatic rings. The van der Waals surface area contributed by atoms with Crippen LogP contribution in [-0.2, 0) is 5.41 Å². The number of hydrogen-bond acceptors (Lipinski definition) is 0. The smallest absolute Gasteiger partial charge is 0.0207 e. The lowest BCUT2D eigenvalue weighted by molar-refractivity contribution is 0.802. The molecule has 0 saturated heterocycles. The Morgan fingerprint density at radius 3 is 3.00 bits per heavy atom. The van der Waals surface area contributed by atoms with E-state index in [4.69, 9.17) is 0 Å². The highest BCUT2D eigenvalue weighted by Crippen LogP contribution is 2.58. The fraction of sp³-hybridized carbons (Fsp3) is 0.364. The molecular formula is C22H26. The summed E-state index contributed by atoms with van der Waals surface area (Å²) in [6.07, 6.45) is 17.4. The van der Waals surface area contributed by atoms with E-state index in [-0.39, 0.29) is 0 Å². The molecule has 0 aliphatic heterocycles. The number of allylic oxidation sites excluding steroid dienone is 8. The average Bonchev–Trinajstić information content (AvgIpc) is 3.26. The van der Waals surface area contributed by atoms with E-state index >= 15 is 0 Å². The van der Waals surface area contributed by atoms with Gasteiger partial charge in [-0.15, -0.1) is 0 Å². The summed E-state index contributed by atoms with van der Waals surface area (Å²) in [5, 5.41) is 0. The SMILES string of the molecule is CC/C(C)=C\C=C/CC1=CC2(c3cccc(C)c3)CC2C=C1. The fourth-order valence-corrected chi connectivity index (χ4v) is 3.36. The van der Waals surface area contributed by atoms with E-state index in [0.717, 1.165) is 12.8 Å². The summed E-state index contributed by atoms with van der Waals surface area (Å²) in [5.41, 5.74) is 6.03. The Morgan fingerprint density at radius 2 is 2.23 bits per heavy atom. The van der Waals surface area contributed by atoms with Gasteiger partial charge in [-0.3, -0.25) is 0 Å². The molecule has 0 bridgehead atoms. The summed E-state index contributed by atoms with van der Waals surface area (Å²) >= 11 is 0. The van der Waals surface area contributed by atoms with Gasteiger partial charge in [-0.05, 0) is 50.2 Å². The van der Waals surface area contributed by atoms with Crippen molar-refractivity contribution in [3.8, 4) is 0 Å². The van der Waals surface area contributed by atoms with Crippen LogP contribution in [0.15, 0.2) is 71.9 Å². The Bertz CT molecular complexity index is 669. The summed E-state index contributed by atoms with van der Waals surface area (Å²) in [6, 6.07) is 9.03. The van der Waals surface area contributed by atoms with Gasteiger partial charge in [-0.1, -0.05) is 78.8 Å². The summed E-state index contributed by atoms with van der Waals surface area (Å²) in [6.45, 7) is 6.57. The van der Waals surface area contributed by atoms with Crippen molar-refractivity contribution in [1.29, 1.82) is 0 Å². The lowest BCUT2D eigenvalue weighted by Gasteiger charge is -2.18. The molecule has 1 aromatic carbocycles. The van der Waals surface area contributed by atoms with E-state index < -0.39 is 0 Å². The Morgan fingerprint density at radius 1 is 1.36 bits per heavy atom. The molecule has 0 spiro atoms. The predicted molar refractivity (Wildman–Crippen MR) is 96.0 cm³/mol. The van der Waals surface area contributed by atoms with E-state index in [1.165, 1.54) is 28.7 Å². The molecular weight excluding hydrogens is 264 g/mol. The van der Waals surface area contributed by atoms with Crippen LogP contribution in [0.1, 0.15) is 44.2 Å². The molecule has 1 fully saturated rings. The lowest BCUT2D eigenvalue weighted by atomic mass is 9.86. The van der Waals surface area contributed by atoms with Crippen molar-refractivity contribution in [2.24, 2.45) is 5.92 Å². The first-order chi connectivity index (χ1) is 10.6. The van der Waals surface area contributed by atoms with Crippen molar-refractivity contribution in [1.82, 2.24) is 0 Å². The minimum Gasteiger partial charge on any atom is -0.0801 e. The van der Waals surface area contributed by atoms with Crippen molar-refractivity contribution in [2.75, 3.05) is 0 Å². The third kappa shape index (κ3) is 3.02. The maximum atomic E-state index is 2.52. The molecule has 2 unspecified atom stereocenters. The molecule has 2 aliphatic carbocycles. The van der Waals surface area contributed by atoms with Crippen LogP contribution < -0.4 is 0 Å². The molecule has 0 heteroatoms. The second kappa shape index (κ2) is 6.12. The fourth-order valence-electron chi connectivity index (χ4n) is 3.36. The van der Waals surface area contributed by atoms with Gasteiger partial charge in [0.2, 0.25) is 0 Å². The van der Waals surface area contributed by atoms with Crippen LogP contribution in [0.25, 0.3) is 0 Å². The molecule has 0 amide bonds. The maximum Gasteiger partial charge on any atom is 0.0207 e. The van der Waals surface area contributed by atoms with Gasteiger partial charge in [0.25, 0.3) is 0 Å². The third-order valence-corrected chi connectivity index (χ3v) is 5.03. The Hall–Kier alpha value is -1.82. The molecule has 0 nitrogen and oxygen atoms in total. The van der Waals surface area contributed by atoms with Gasteiger partial charge in [0.1, 0.15) is 0 Å². The van der Waals surface area contributed by atoms with E-state index in [9.17, 15) is 0 Å². The summed E-state index contributed by atoms with van der Waals surface area (Å²) in [4.78, 5) is 0. The number of aryl methyl sites for hydroxylation is 1.